The minimum Gasteiger partial charge on any atom is -0.444 e. The zero-order chi connectivity index (χ0) is 17.8. The predicted octanol–water partition coefficient (Wildman–Crippen LogP) is 5.49. The summed E-state index contributed by atoms with van der Waals surface area (Å²) >= 11 is 5.30. The highest BCUT2D eigenvalue weighted by Crippen LogP contribution is 2.48. The highest BCUT2D eigenvalue weighted by atomic mass is 79.9. The van der Waals surface area contributed by atoms with Gasteiger partial charge in [0.15, 0.2) is 0 Å². The molecule has 0 atom stereocenters. The van der Waals surface area contributed by atoms with Crippen molar-refractivity contribution in [3.05, 3.63) is 27.7 Å². The number of piperidine rings is 2. The Hall–Kier alpha value is -1.14. The van der Waals surface area contributed by atoms with Crippen LogP contribution in [-0.4, -0.2) is 34.2 Å². The second-order valence-corrected chi connectivity index (χ2v) is 10.2. The molecule has 0 spiro atoms. The largest absolute Gasteiger partial charge is 0.444 e. The molecule has 1 amide bonds. The quantitative estimate of drug-likeness (QED) is 0.609. The van der Waals surface area contributed by atoms with E-state index in [-0.39, 0.29) is 11.5 Å². The Kier molecular flexibility index (Phi) is 4.11. The van der Waals surface area contributed by atoms with Crippen LogP contribution in [0.5, 0.6) is 0 Å². The van der Waals surface area contributed by atoms with E-state index < -0.39 is 5.60 Å². The molecule has 2 saturated heterocycles. The fourth-order valence-corrected chi connectivity index (χ4v) is 5.55. The van der Waals surface area contributed by atoms with Gasteiger partial charge in [-0.15, -0.1) is 11.3 Å². The second-order valence-electron chi connectivity index (χ2n) is 8.25. The molecule has 2 aromatic rings. The molecule has 134 valence electrons. The molecule has 3 heterocycles. The highest BCUT2D eigenvalue weighted by Gasteiger charge is 2.49. The average Bonchev–Trinajstić information content (AvgIpc) is 2.98. The molecule has 0 radical (unpaired) electrons. The minimum absolute atomic E-state index is 0.0121. The molecule has 1 saturated carbocycles. The Bertz CT molecular complexity index is 818. The third-order valence-corrected chi connectivity index (χ3v) is 7.03. The maximum absolute atomic E-state index is 12.7. The number of amides is 1. The van der Waals surface area contributed by atoms with E-state index in [2.05, 4.69) is 34.1 Å². The van der Waals surface area contributed by atoms with Gasteiger partial charge >= 0.3 is 6.09 Å². The molecule has 25 heavy (non-hydrogen) atoms. The first kappa shape index (κ1) is 17.3. The summed E-state index contributed by atoms with van der Waals surface area (Å²) in [5.41, 5.74) is 0.575. The van der Waals surface area contributed by atoms with Gasteiger partial charge < -0.3 is 9.64 Å². The van der Waals surface area contributed by atoms with Crippen molar-refractivity contribution in [3.63, 3.8) is 0 Å². The number of benzene rings is 1. The minimum atomic E-state index is -0.455. The monoisotopic (exact) mass is 422 g/mol. The number of thiazole rings is 1. The number of nitrogens with zero attached hydrogens (tertiary/aromatic N) is 2. The summed E-state index contributed by atoms with van der Waals surface area (Å²) in [4.78, 5) is 19.6. The summed E-state index contributed by atoms with van der Waals surface area (Å²) in [5, 5.41) is 1.17. The lowest BCUT2D eigenvalue weighted by atomic mass is 9.68. The van der Waals surface area contributed by atoms with E-state index in [1.54, 1.807) is 11.3 Å². The predicted molar refractivity (Wildman–Crippen MR) is 104 cm³/mol. The van der Waals surface area contributed by atoms with Crippen LogP contribution in [0, 0.1) is 0 Å². The van der Waals surface area contributed by atoms with Crippen LogP contribution in [0.4, 0.5) is 4.79 Å². The van der Waals surface area contributed by atoms with Crippen LogP contribution in [0.1, 0.15) is 51.5 Å². The Labute approximate surface area is 160 Å². The number of halogens is 1. The third-order valence-electron chi connectivity index (χ3n) is 5.26. The molecule has 2 aliphatic heterocycles. The van der Waals surface area contributed by atoms with E-state index in [4.69, 9.17) is 9.72 Å². The van der Waals surface area contributed by atoms with Crippen molar-refractivity contribution < 1.29 is 9.53 Å². The number of hydrogen-bond acceptors (Lipinski definition) is 4. The maximum Gasteiger partial charge on any atom is 0.410 e. The summed E-state index contributed by atoms with van der Waals surface area (Å²) in [6, 6.07) is 6.58. The first-order valence-corrected chi connectivity index (χ1v) is 10.4. The molecule has 1 aromatic carbocycles. The van der Waals surface area contributed by atoms with E-state index in [1.807, 2.05) is 25.7 Å². The highest BCUT2D eigenvalue weighted by molar-refractivity contribution is 9.10. The lowest BCUT2D eigenvalue weighted by Gasteiger charge is -2.51. The molecular formula is C19H23BrN2O2S. The summed E-state index contributed by atoms with van der Waals surface area (Å²) in [6.07, 6.45) is 4.12. The number of fused-ring (bicyclic) bond motifs is 4. The summed E-state index contributed by atoms with van der Waals surface area (Å²) in [5.74, 6) is 0. The van der Waals surface area contributed by atoms with Crippen LogP contribution in [0.25, 0.3) is 10.2 Å². The van der Waals surface area contributed by atoms with Gasteiger partial charge in [0, 0.05) is 22.5 Å². The van der Waals surface area contributed by atoms with Crippen LogP contribution in [0.15, 0.2) is 22.7 Å². The fourth-order valence-electron chi connectivity index (χ4n) is 4.02. The van der Waals surface area contributed by atoms with Crippen LogP contribution < -0.4 is 0 Å². The first-order chi connectivity index (χ1) is 11.8. The van der Waals surface area contributed by atoms with Crippen molar-refractivity contribution in [1.29, 1.82) is 0 Å². The fraction of sp³-hybridized carbons (Fsp3) is 0.579. The van der Waals surface area contributed by atoms with E-state index >= 15 is 0 Å². The van der Waals surface area contributed by atoms with E-state index in [0.29, 0.717) is 6.04 Å². The number of carbonyl (C=O) groups is 1. The number of carbonyl (C=O) groups excluding carboxylic acids is 1. The van der Waals surface area contributed by atoms with Gasteiger partial charge in [-0.3, -0.25) is 0 Å². The lowest BCUT2D eigenvalue weighted by molar-refractivity contribution is -0.0207. The maximum atomic E-state index is 12.7. The van der Waals surface area contributed by atoms with Gasteiger partial charge in [0.25, 0.3) is 0 Å². The zero-order valence-corrected chi connectivity index (χ0v) is 17.2. The lowest BCUT2D eigenvalue weighted by Crippen LogP contribution is -2.58. The van der Waals surface area contributed by atoms with Gasteiger partial charge in [0.2, 0.25) is 0 Å². The third kappa shape index (κ3) is 3.19. The molecule has 5 rings (SSSR count). The van der Waals surface area contributed by atoms with Crippen LogP contribution in [-0.2, 0) is 10.2 Å². The molecular weight excluding hydrogens is 400 g/mol. The average molecular weight is 423 g/mol. The molecule has 3 aliphatic rings. The normalized spacial score (nSPS) is 26.2. The number of hydrogen-bond donors (Lipinski definition) is 0. The Balaban J connectivity index is 1.65. The van der Waals surface area contributed by atoms with Crippen LogP contribution >= 0.6 is 27.3 Å². The summed E-state index contributed by atoms with van der Waals surface area (Å²) in [7, 11) is 0. The molecule has 6 heteroatoms. The van der Waals surface area contributed by atoms with Crippen LogP contribution in [0.2, 0.25) is 0 Å². The molecule has 4 nitrogen and oxygen atoms in total. The van der Waals surface area contributed by atoms with Gasteiger partial charge in [-0.25, -0.2) is 9.78 Å². The van der Waals surface area contributed by atoms with Crippen molar-refractivity contribution in [1.82, 2.24) is 9.88 Å². The summed E-state index contributed by atoms with van der Waals surface area (Å²) in [6.45, 7) is 6.50. The van der Waals surface area contributed by atoms with E-state index in [1.165, 1.54) is 9.71 Å². The standard InChI is InChI=1S/C19H23BrN2O2S/c1-18(2,3)24-17(23)22-11-19(8-6-13(22)7-9-19)16-21-14-10-12(20)4-5-15(14)25-16/h4-5,10,13H,6-9,11H2,1-3H3. The van der Waals surface area contributed by atoms with Gasteiger partial charge in [-0.2, -0.15) is 0 Å². The molecule has 1 aromatic heterocycles. The Morgan fingerprint density at radius 3 is 2.76 bits per heavy atom. The Morgan fingerprint density at radius 1 is 1.36 bits per heavy atom. The van der Waals surface area contributed by atoms with Crippen molar-refractivity contribution in [2.75, 3.05) is 6.54 Å². The van der Waals surface area contributed by atoms with E-state index in [9.17, 15) is 4.79 Å². The van der Waals surface area contributed by atoms with Crippen molar-refractivity contribution in [2.24, 2.45) is 0 Å². The molecule has 1 aliphatic carbocycles. The zero-order valence-electron chi connectivity index (χ0n) is 14.8. The van der Waals surface area contributed by atoms with Gasteiger partial charge in [-0.05, 0) is 64.7 Å². The van der Waals surface area contributed by atoms with E-state index in [0.717, 1.165) is 42.2 Å². The SMILES string of the molecule is CC(C)(C)OC(=O)N1CC2(c3nc4cc(Br)ccc4s3)CCC1CC2. The molecule has 2 bridgehead atoms. The molecule has 3 fully saturated rings. The van der Waals surface area contributed by atoms with Crippen molar-refractivity contribution >= 4 is 43.6 Å². The second kappa shape index (κ2) is 5.95. The first-order valence-electron chi connectivity index (χ1n) is 8.82. The van der Waals surface area contributed by atoms with Gasteiger partial charge in [0.05, 0.1) is 10.2 Å². The number of rotatable bonds is 1. The van der Waals surface area contributed by atoms with Crippen molar-refractivity contribution in [2.45, 2.75) is 63.5 Å². The molecule has 0 N–H and O–H groups in total. The Morgan fingerprint density at radius 2 is 2.08 bits per heavy atom. The van der Waals surface area contributed by atoms with Crippen LogP contribution in [0.3, 0.4) is 0 Å². The van der Waals surface area contributed by atoms with Gasteiger partial charge in [-0.1, -0.05) is 15.9 Å². The number of ether oxygens (including phenoxy) is 1. The summed E-state index contributed by atoms with van der Waals surface area (Å²) < 4.78 is 7.91. The number of aromatic nitrogens is 1. The van der Waals surface area contributed by atoms with Crippen molar-refractivity contribution in [3.8, 4) is 0 Å². The molecule has 0 unspecified atom stereocenters. The topological polar surface area (TPSA) is 42.4 Å². The smallest absolute Gasteiger partial charge is 0.410 e. The van der Waals surface area contributed by atoms with Gasteiger partial charge in [0.1, 0.15) is 10.6 Å².